The fraction of sp³-hybridized carbons (Fsp3) is 0.659. The molecule has 336 valence electrons. The standard InChI is InChI=1S/C41H50F6N4O9S/c1-6-23-15-22(2)9-7-8-10-24-19-39(24,37(55)50-61(56,57)27-12-13-27)20-32(52)31-17-26(21-51(31)36(54)28(23)18-33(53)60-38(3,4)41(45,46)47)59-35-34(40(42,43)44)48-29-14-11-25(58-5)16-30(29)49-35/h8,10-11,14,16,22-24,26-28,31H,6-7,9,12-13,15,17-21H2,1-5H3,(H,50,55)/b10-8-/t22-,23-,24-,26-,28+,31+,39-/m1/s1. The minimum absolute atomic E-state index is 0.0236. The summed E-state index contributed by atoms with van der Waals surface area (Å²) in [5.74, 6) is -7.08. The lowest BCUT2D eigenvalue weighted by molar-refractivity contribution is -0.257. The Kier molecular flexibility index (Phi) is 12.8. The Bertz CT molecular complexity index is 2180. The molecular formula is C41H50F6N4O9S. The summed E-state index contributed by atoms with van der Waals surface area (Å²) in [4.78, 5) is 65.6. The number of ketones is 1. The molecule has 0 spiro atoms. The Hall–Kier alpha value is -4.49. The third-order valence-electron chi connectivity index (χ3n) is 12.3. The van der Waals surface area contributed by atoms with Crippen LogP contribution in [0.5, 0.6) is 11.6 Å². The normalized spacial score (nSPS) is 28.5. The number of amides is 2. The predicted molar refractivity (Wildman–Crippen MR) is 206 cm³/mol. The lowest BCUT2D eigenvalue weighted by Crippen LogP contribution is -2.48. The molecule has 4 aliphatic rings. The fourth-order valence-electron chi connectivity index (χ4n) is 8.38. The number of hydrogen-bond acceptors (Lipinski definition) is 11. The number of benzene rings is 1. The Morgan fingerprint density at radius 1 is 1.02 bits per heavy atom. The molecule has 1 saturated heterocycles. The van der Waals surface area contributed by atoms with E-state index in [-0.39, 0.29) is 35.5 Å². The molecular weight excluding hydrogens is 839 g/mol. The maximum absolute atomic E-state index is 14.9. The largest absolute Gasteiger partial charge is 0.497 e. The zero-order chi connectivity index (χ0) is 44.9. The van der Waals surface area contributed by atoms with Crippen LogP contribution in [0, 0.1) is 29.1 Å². The van der Waals surface area contributed by atoms with Gasteiger partial charge in [0.05, 0.1) is 53.7 Å². The van der Waals surface area contributed by atoms with Crippen LogP contribution in [0.25, 0.3) is 11.0 Å². The third-order valence-corrected chi connectivity index (χ3v) is 14.1. The Morgan fingerprint density at radius 2 is 1.72 bits per heavy atom. The number of carbonyl (C=O) groups is 4. The van der Waals surface area contributed by atoms with Crippen LogP contribution in [0.2, 0.25) is 0 Å². The quantitative estimate of drug-likeness (QED) is 0.150. The summed E-state index contributed by atoms with van der Waals surface area (Å²) < 4.78 is 129. The lowest BCUT2D eigenvalue weighted by atomic mass is 9.79. The molecule has 61 heavy (non-hydrogen) atoms. The van der Waals surface area contributed by atoms with Crippen LogP contribution in [0.3, 0.4) is 0 Å². The van der Waals surface area contributed by atoms with E-state index in [0.29, 0.717) is 46.0 Å². The molecule has 2 aromatic rings. The monoisotopic (exact) mass is 888 g/mol. The van der Waals surface area contributed by atoms with Gasteiger partial charge in [0.1, 0.15) is 11.9 Å². The van der Waals surface area contributed by atoms with E-state index >= 15 is 0 Å². The number of allylic oxidation sites excluding steroid dienone is 2. The van der Waals surface area contributed by atoms with E-state index in [9.17, 15) is 53.9 Å². The van der Waals surface area contributed by atoms with Crippen LogP contribution in [0.15, 0.2) is 30.4 Å². The van der Waals surface area contributed by atoms with Crippen molar-refractivity contribution in [1.29, 1.82) is 0 Å². The van der Waals surface area contributed by atoms with Crippen LogP contribution < -0.4 is 14.2 Å². The molecule has 7 atom stereocenters. The van der Waals surface area contributed by atoms with E-state index in [1.165, 1.54) is 25.3 Å². The number of alkyl halides is 6. The van der Waals surface area contributed by atoms with Gasteiger partial charge < -0.3 is 19.1 Å². The smallest absolute Gasteiger partial charge is 0.438 e. The second-order valence-corrected chi connectivity index (χ2v) is 19.3. The molecule has 1 aromatic carbocycles. The van der Waals surface area contributed by atoms with Gasteiger partial charge >= 0.3 is 18.3 Å². The second-order valence-electron chi connectivity index (χ2n) is 17.3. The highest BCUT2D eigenvalue weighted by molar-refractivity contribution is 7.90. The van der Waals surface area contributed by atoms with E-state index in [2.05, 4.69) is 14.7 Å². The van der Waals surface area contributed by atoms with Gasteiger partial charge in [0.25, 0.3) is 0 Å². The maximum Gasteiger partial charge on any atom is 0.438 e. The summed E-state index contributed by atoms with van der Waals surface area (Å²) in [7, 11) is -2.70. The molecule has 2 aliphatic carbocycles. The molecule has 3 heterocycles. The molecule has 6 rings (SSSR count). The molecule has 2 aliphatic heterocycles. The fourth-order valence-corrected chi connectivity index (χ4v) is 9.76. The number of nitrogens with zero attached hydrogens (tertiary/aromatic N) is 3. The molecule has 3 fully saturated rings. The van der Waals surface area contributed by atoms with Crippen molar-refractivity contribution >= 4 is 44.6 Å². The number of sulfonamides is 1. The van der Waals surface area contributed by atoms with Gasteiger partial charge in [-0.15, -0.1) is 0 Å². The van der Waals surface area contributed by atoms with Crippen molar-refractivity contribution in [2.45, 2.75) is 127 Å². The zero-order valence-corrected chi connectivity index (χ0v) is 35.2. The van der Waals surface area contributed by atoms with Gasteiger partial charge in [0, 0.05) is 18.9 Å². The van der Waals surface area contributed by atoms with Crippen molar-refractivity contribution in [3.05, 3.63) is 36.0 Å². The number of rotatable bonds is 10. The third kappa shape index (κ3) is 10.1. The van der Waals surface area contributed by atoms with Crippen LogP contribution in [0.4, 0.5) is 26.3 Å². The SMILES string of the molecule is CC[C@@H]1C[C@H](C)CC/C=C\[C@@H]2C[C@@]2(C(=O)NS(=O)(=O)C2CC2)CC(=O)[C@@H]2C[C@@H](Oc3nc4cc(OC)ccc4nc3C(F)(F)F)CN2C(=O)[C@H]1CC(=O)OC(C)(C)C(F)(F)F. The summed E-state index contributed by atoms with van der Waals surface area (Å²) in [6.45, 7) is 4.47. The first-order chi connectivity index (χ1) is 28.4. The molecule has 2 saturated carbocycles. The first-order valence-electron chi connectivity index (χ1n) is 20.3. The van der Waals surface area contributed by atoms with Crippen molar-refractivity contribution < 1.29 is 68.1 Å². The number of aromatic nitrogens is 2. The number of fused-ring (bicyclic) bond motifs is 3. The summed E-state index contributed by atoms with van der Waals surface area (Å²) in [6, 6.07) is 2.54. The molecule has 13 nitrogen and oxygen atoms in total. The van der Waals surface area contributed by atoms with E-state index in [0.717, 1.165) is 4.90 Å². The van der Waals surface area contributed by atoms with Crippen LogP contribution in [-0.4, -0.2) is 89.7 Å². The van der Waals surface area contributed by atoms with Gasteiger partial charge in [-0.25, -0.2) is 18.4 Å². The minimum Gasteiger partial charge on any atom is -0.497 e. The number of halogens is 6. The lowest BCUT2D eigenvalue weighted by Gasteiger charge is -2.34. The Labute approximate surface area is 349 Å². The first kappa shape index (κ1) is 46.0. The number of esters is 1. The first-order valence-corrected chi connectivity index (χ1v) is 21.9. The second kappa shape index (κ2) is 17.0. The van der Waals surface area contributed by atoms with E-state index in [1.54, 1.807) is 13.0 Å². The number of carbonyl (C=O) groups excluding carboxylic acids is 4. The van der Waals surface area contributed by atoms with E-state index < -0.39 is 129 Å². The van der Waals surface area contributed by atoms with Crippen LogP contribution in [-0.2, 0) is 40.1 Å². The van der Waals surface area contributed by atoms with Gasteiger partial charge in [-0.1, -0.05) is 32.4 Å². The average Bonchev–Trinajstić information content (AvgIpc) is 4.09. The van der Waals surface area contributed by atoms with Crippen LogP contribution in [0.1, 0.15) is 97.6 Å². The van der Waals surface area contributed by atoms with Crippen molar-refractivity contribution in [3.8, 4) is 11.6 Å². The Balaban J connectivity index is 1.40. The maximum atomic E-state index is 14.9. The zero-order valence-electron chi connectivity index (χ0n) is 34.4. The molecule has 0 bridgehead atoms. The molecule has 1 N–H and O–H groups in total. The minimum atomic E-state index is -5.07. The summed E-state index contributed by atoms with van der Waals surface area (Å²) in [6.07, 6.45) is -7.02. The number of ether oxygens (including phenoxy) is 3. The van der Waals surface area contributed by atoms with Crippen molar-refractivity contribution in [2.75, 3.05) is 13.7 Å². The molecule has 0 radical (unpaired) electrons. The summed E-state index contributed by atoms with van der Waals surface area (Å²) >= 11 is 0. The van der Waals surface area contributed by atoms with Crippen LogP contribution >= 0.6 is 0 Å². The van der Waals surface area contributed by atoms with E-state index in [1.807, 2.05) is 13.0 Å². The molecule has 1 aromatic heterocycles. The molecule has 20 heteroatoms. The highest BCUT2D eigenvalue weighted by Gasteiger charge is 2.62. The van der Waals surface area contributed by atoms with Crippen molar-refractivity contribution in [1.82, 2.24) is 19.6 Å². The molecule has 2 amide bonds. The van der Waals surface area contributed by atoms with Gasteiger partial charge in [0.2, 0.25) is 39.0 Å². The summed E-state index contributed by atoms with van der Waals surface area (Å²) in [5.41, 5.74) is -6.08. The highest BCUT2D eigenvalue weighted by atomic mass is 32.2. The number of Topliss-reactive ketones (excluding diaryl/α,β-unsaturated/α-hetero) is 1. The Morgan fingerprint density at radius 3 is 2.34 bits per heavy atom. The average molecular weight is 889 g/mol. The molecule has 0 unspecified atom stereocenters. The van der Waals surface area contributed by atoms with Gasteiger partial charge in [-0.3, -0.25) is 23.9 Å². The van der Waals surface area contributed by atoms with Gasteiger partial charge in [0.15, 0.2) is 5.78 Å². The highest BCUT2D eigenvalue weighted by Crippen LogP contribution is 2.57. The van der Waals surface area contributed by atoms with Crippen molar-refractivity contribution in [3.63, 3.8) is 0 Å². The van der Waals surface area contributed by atoms with E-state index in [4.69, 9.17) is 14.2 Å². The van der Waals surface area contributed by atoms with Crippen molar-refractivity contribution in [2.24, 2.45) is 29.1 Å². The topological polar surface area (TPSA) is 171 Å². The number of methoxy groups -OCH3 is 1. The summed E-state index contributed by atoms with van der Waals surface area (Å²) in [5, 5.41) is -0.751. The van der Waals surface area contributed by atoms with Gasteiger partial charge in [-0.05, 0) is 82.3 Å². The van der Waals surface area contributed by atoms with Gasteiger partial charge in [-0.2, -0.15) is 26.3 Å². The predicted octanol–water partition coefficient (Wildman–Crippen LogP) is 6.87. The number of hydrogen-bond donors (Lipinski definition) is 1. The number of nitrogens with one attached hydrogen (secondary N) is 1.